The Morgan fingerprint density at radius 1 is 1.26 bits per heavy atom. The number of anilines is 1. The molecule has 0 aromatic heterocycles. The van der Waals surface area contributed by atoms with Gasteiger partial charge >= 0.3 is 0 Å². The molecular formula is C16H20ClFN2O3. The second-order valence-electron chi connectivity index (χ2n) is 5.57. The van der Waals surface area contributed by atoms with E-state index < -0.39 is 6.10 Å². The third-order valence-electron chi connectivity index (χ3n) is 3.84. The van der Waals surface area contributed by atoms with Crippen LogP contribution in [-0.2, 0) is 14.3 Å². The van der Waals surface area contributed by atoms with E-state index in [1.165, 1.54) is 26.2 Å². The summed E-state index contributed by atoms with van der Waals surface area (Å²) in [7, 11) is 1.43. The van der Waals surface area contributed by atoms with Crippen molar-refractivity contribution in [1.82, 2.24) is 4.90 Å². The van der Waals surface area contributed by atoms with Gasteiger partial charge in [0.25, 0.3) is 5.91 Å². The van der Waals surface area contributed by atoms with Gasteiger partial charge in [-0.05, 0) is 25.1 Å². The Morgan fingerprint density at radius 3 is 2.43 bits per heavy atom. The van der Waals surface area contributed by atoms with Crippen LogP contribution in [0.5, 0.6) is 0 Å². The number of methoxy groups -OCH3 is 1. The quantitative estimate of drug-likeness (QED) is 0.822. The molecular weight excluding hydrogens is 323 g/mol. The van der Waals surface area contributed by atoms with Gasteiger partial charge in [0.1, 0.15) is 17.7 Å². The van der Waals surface area contributed by atoms with Gasteiger partial charge in [-0.3, -0.25) is 9.59 Å². The van der Waals surface area contributed by atoms with Crippen LogP contribution in [0.4, 0.5) is 10.1 Å². The van der Waals surface area contributed by atoms with Gasteiger partial charge in [-0.25, -0.2) is 4.39 Å². The highest BCUT2D eigenvalue weighted by molar-refractivity contribution is 6.30. The summed E-state index contributed by atoms with van der Waals surface area (Å²) in [5, 5.41) is 0.347. The van der Waals surface area contributed by atoms with Crippen molar-refractivity contribution in [3.05, 3.63) is 29.0 Å². The first kappa shape index (κ1) is 17.7. The van der Waals surface area contributed by atoms with E-state index >= 15 is 0 Å². The van der Waals surface area contributed by atoms with Crippen molar-refractivity contribution in [1.29, 1.82) is 0 Å². The highest BCUT2D eigenvalue weighted by Gasteiger charge is 2.28. The van der Waals surface area contributed by atoms with E-state index in [4.69, 9.17) is 16.3 Å². The number of hydrogen-bond donors (Lipinski definition) is 0. The van der Waals surface area contributed by atoms with Crippen molar-refractivity contribution in [2.75, 3.05) is 38.2 Å². The molecule has 1 amide bonds. The number of rotatable bonds is 5. The van der Waals surface area contributed by atoms with E-state index in [1.807, 2.05) is 4.90 Å². The minimum absolute atomic E-state index is 0.0784. The van der Waals surface area contributed by atoms with Gasteiger partial charge in [0.2, 0.25) is 0 Å². The van der Waals surface area contributed by atoms with Crippen LogP contribution in [0.2, 0.25) is 5.02 Å². The molecule has 1 aromatic carbocycles. The Balaban J connectivity index is 1.97. The van der Waals surface area contributed by atoms with Crippen molar-refractivity contribution >= 4 is 29.0 Å². The summed E-state index contributed by atoms with van der Waals surface area (Å²) in [6.07, 6.45) is -0.655. The number of carbonyl (C=O) groups excluding carboxylic acids is 2. The molecule has 0 N–H and O–H groups in total. The second-order valence-corrected chi connectivity index (χ2v) is 6.01. The average molecular weight is 343 g/mol. The molecule has 1 aromatic rings. The highest BCUT2D eigenvalue weighted by Crippen LogP contribution is 2.23. The first-order valence-electron chi connectivity index (χ1n) is 7.42. The van der Waals surface area contributed by atoms with Gasteiger partial charge in [0.15, 0.2) is 0 Å². The largest absolute Gasteiger partial charge is 0.371 e. The molecule has 1 heterocycles. The summed E-state index contributed by atoms with van der Waals surface area (Å²) in [4.78, 5) is 27.2. The van der Waals surface area contributed by atoms with E-state index in [0.29, 0.717) is 36.9 Å². The molecule has 0 saturated carbocycles. The van der Waals surface area contributed by atoms with E-state index in [-0.39, 0.29) is 23.9 Å². The Morgan fingerprint density at radius 2 is 1.91 bits per heavy atom. The predicted octanol–water partition coefficient (Wildman–Crippen LogP) is 2.12. The molecule has 1 atom stereocenters. The van der Waals surface area contributed by atoms with Crippen LogP contribution >= 0.6 is 11.6 Å². The second kappa shape index (κ2) is 7.75. The summed E-state index contributed by atoms with van der Waals surface area (Å²) in [5.74, 6) is -0.648. The lowest BCUT2D eigenvalue weighted by atomic mass is 10.1. The summed E-state index contributed by atoms with van der Waals surface area (Å²) in [6, 6.07) is 4.39. The number of Topliss-reactive ketones (excluding diaryl/α,β-unsaturated/α-hetero) is 1. The first-order valence-corrected chi connectivity index (χ1v) is 7.80. The van der Waals surface area contributed by atoms with Crippen LogP contribution in [0, 0.1) is 5.82 Å². The molecule has 1 unspecified atom stereocenters. The Bertz CT molecular complexity index is 568. The first-order chi connectivity index (χ1) is 10.9. The third kappa shape index (κ3) is 4.65. The number of piperazine rings is 1. The third-order valence-corrected chi connectivity index (χ3v) is 4.05. The van der Waals surface area contributed by atoms with Crippen molar-refractivity contribution in [2.24, 2.45) is 0 Å². The number of hydrogen-bond acceptors (Lipinski definition) is 4. The summed E-state index contributed by atoms with van der Waals surface area (Å²) in [6.45, 7) is 3.56. The molecule has 7 heteroatoms. The zero-order valence-electron chi connectivity index (χ0n) is 13.2. The molecule has 23 heavy (non-hydrogen) atoms. The van der Waals surface area contributed by atoms with Gasteiger partial charge in [0, 0.05) is 50.4 Å². The lowest BCUT2D eigenvalue weighted by molar-refractivity contribution is -0.144. The number of carbonyl (C=O) groups is 2. The number of ketones is 1. The van der Waals surface area contributed by atoms with Crippen molar-refractivity contribution < 1.29 is 18.7 Å². The SMILES string of the molecule is COC(CC(C)=O)C(=O)N1CCN(c2cc(F)cc(Cl)c2)CC1. The maximum Gasteiger partial charge on any atom is 0.252 e. The van der Waals surface area contributed by atoms with E-state index in [9.17, 15) is 14.0 Å². The zero-order chi connectivity index (χ0) is 17.0. The Labute approximate surface area is 140 Å². The molecule has 0 radical (unpaired) electrons. The molecule has 1 saturated heterocycles. The average Bonchev–Trinajstić information content (AvgIpc) is 2.51. The molecule has 1 aliphatic heterocycles. The van der Waals surface area contributed by atoms with Gasteiger partial charge in [-0.15, -0.1) is 0 Å². The maximum atomic E-state index is 13.4. The van der Waals surface area contributed by atoms with Gasteiger partial charge in [-0.2, -0.15) is 0 Å². The normalized spacial score (nSPS) is 16.3. The zero-order valence-corrected chi connectivity index (χ0v) is 14.0. The Hall–Kier alpha value is -1.66. The van der Waals surface area contributed by atoms with Crippen LogP contribution < -0.4 is 4.90 Å². The minimum Gasteiger partial charge on any atom is -0.371 e. The van der Waals surface area contributed by atoms with Gasteiger partial charge in [0.05, 0.1) is 0 Å². The van der Waals surface area contributed by atoms with Crippen molar-refractivity contribution in [3.8, 4) is 0 Å². The summed E-state index contributed by atoms with van der Waals surface area (Å²) in [5.41, 5.74) is 0.703. The molecule has 0 aliphatic carbocycles. The molecule has 126 valence electrons. The minimum atomic E-state index is -0.734. The fourth-order valence-corrected chi connectivity index (χ4v) is 2.86. The summed E-state index contributed by atoms with van der Waals surface area (Å²) >= 11 is 5.88. The lowest BCUT2D eigenvalue weighted by Gasteiger charge is -2.37. The molecule has 0 bridgehead atoms. The van der Waals surface area contributed by atoms with E-state index in [0.717, 1.165) is 0 Å². The topological polar surface area (TPSA) is 49.9 Å². The van der Waals surface area contributed by atoms with Crippen LogP contribution in [0.15, 0.2) is 18.2 Å². The number of amides is 1. The molecule has 0 spiro atoms. The molecule has 2 rings (SSSR count). The highest BCUT2D eigenvalue weighted by atomic mass is 35.5. The molecule has 1 aliphatic rings. The van der Waals surface area contributed by atoms with Crippen LogP contribution in [0.25, 0.3) is 0 Å². The van der Waals surface area contributed by atoms with Crippen LogP contribution in [-0.4, -0.2) is 56.0 Å². The molecule has 1 fully saturated rings. The fourth-order valence-electron chi connectivity index (χ4n) is 2.64. The van der Waals surface area contributed by atoms with Crippen molar-refractivity contribution in [3.63, 3.8) is 0 Å². The summed E-state index contributed by atoms with van der Waals surface area (Å²) < 4.78 is 18.6. The number of benzene rings is 1. The van der Waals surface area contributed by atoms with Gasteiger partial charge in [-0.1, -0.05) is 11.6 Å². The number of halogens is 2. The number of ether oxygens (including phenoxy) is 1. The predicted molar refractivity (Wildman–Crippen MR) is 86.3 cm³/mol. The Kier molecular flexibility index (Phi) is 5.96. The van der Waals surface area contributed by atoms with Gasteiger partial charge < -0.3 is 14.5 Å². The fraction of sp³-hybridized carbons (Fsp3) is 0.500. The van der Waals surface area contributed by atoms with Crippen LogP contribution in [0.3, 0.4) is 0 Å². The standard InChI is InChI=1S/C16H20ClFN2O3/c1-11(21)7-15(23-2)16(22)20-5-3-19(4-6-20)14-9-12(17)8-13(18)10-14/h8-10,15H,3-7H2,1-2H3. The monoisotopic (exact) mass is 342 g/mol. The van der Waals surface area contributed by atoms with E-state index in [2.05, 4.69) is 0 Å². The van der Waals surface area contributed by atoms with Crippen LogP contribution in [0.1, 0.15) is 13.3 Å². The van der Waals surface area contributed by atoms with E-state index in [1.54, 1.807) is 11.0 Å². The van der Waals surface area contributed by atoms with Crippen molar-refractivity contribution in [2.45, 2.75) is 19.4 Å². The maximum absolute atomic E-state index is 13.4. The number of nitrogens with zero attached hydrogens (tertiary/aromatic N) is 2. The lowest BCUT2D eigenvalue weighted by Crippen LogP contribution is -2.52. The molecule has 5 nitrogen and oxygen atoms in total. The smallest absolute Gasteiger partial charge is 0.252 e.